The lowest BCUT2D eigenvalue weighted by Crippen LogP contribution is -2.28. The third kappa shape index (κ3) is 4.86. The standard InChI is InChI=1S/C14H23NO4S/c1-11(2)10-19-8-7-15-20(17,18)14-6-4-5-13(9-16)12(14)3/h4-6,11,15-16H,7-10H2,1-3H3. The Morgan fingerprint density at radius 2 is 2.05 bits per heavy atom. The number of ether oxygens (including phenoxy) is 1. The van der Waals surface area contributed by atoms with E-state index in [9.17, 15) is 13.5 Å². The molecule has 20 heavy (non-hydrogen) atoms. The predicted molar refractivity (Wildman–Crippen MR) is 77.9 cm³/mol. The zero-order chi connectivity index (χ0) is 15.2. The third-order valence-corrected chi connectivity index (χ3v) is 4.45. The van der Waals surface area contributed by atoms with Crippen molar-refractivity contribution in [1.82, 2.24) is 4.72 Å². The van der Waals surface area contributed by atoms with Gasteiger partial charge in [-0.15, -0.1) is 0 Å². The number of aliphatic hydroxyl groups excluding tert-OH is 1. The molecule has 1 aromatic rings. The van der Waals surface area contributed by atoms with Crippen LogP contribution >= 0.6 is 0 Å². The van der Waals surface area contributed by atoms with Gasteiger partial charge in [0.1, 0.15) is 0 Å². The van der Waals surface area contributed by atoms with Gasteiger partial charge >= 0.3 is 0 Å². The Bertz CT molecular complexity index is 526. The van der Waals surface area contributed by atoms with E-state index in [0.29, 0.717) is 30.3 Å². The molecule has 0 amide bonds. The zero-order valence-electron chi connectivity index (χ0n) is 12.2. The first-order valence-electron chi connectivity index (χ1n) is 6.65. The molecule has 0 radical (unpaired) electrons. The monoisotopic (exact) mass is 301 g/mol. The van der Waals surface area contributed by atoms with Gasteiger partial charge in [-0.1, -0.05) is 26.0 Å². The van der Waals surface area contributed by atoms with Gasteiger partial charge in [-0.2, -0.15) is 0 Å². The molecule has 6 heteroatoms. The van der Waals surface area contributed by atoms with E-state index < -0.39 is 10.0 Å². The molecule has 1 aromatic carbocycles. The van der Waals surface area contributed by atoms with E-state index in [1.807, 2.05) is 13.8 Å². The summed E-state index contributed by atoms with van der Waals surface area (Å²) < 4.78 is 32.2. The lowest BCUT2D eigenvalue weighted by Gasteiger charge is -2.12. The summed E-state index contributed by atoms with van der Waals surface area (Å²) in [5.41, 5.74) is 1.19. The van der Waals surface area contributed by atoms with E-state index in [2.05, 4.69) is 4.72 Å². The molecule has 0 aliphatic rings. The Morgan fingerprint density at radius 3 is 2.65 bits per heavy atom. The molecule has 0 bridgehead atoms. The second kappa shape index (κ2) is 7.73. The molecule has 0 fully saturated rings. The van der Waals surface area contributed by atoms with Crippen LogP contribution in [0.5, 0.6) is 0 Å². The molecule has 0 aliphatic carbocycles. The van der Waals surface area contributed by atoms with Gasteiger partial charge in [-0.3, -0.25) is 0 Å². The number of nitrogens with one attached hydrogen (secondary N) is 1. The summed E-state index contributed by atoms with van der Waals surface area (Å²) in [5, 5.41) is 9.17. The lowest BCUT2D eigenvalue weighted by atomic mass is 10.1. The van der Waals surface area contributed by atoms with Crippen molar-refractivity contribution in [3.8, 4) is 0 Å². The van der Waals surface area contributed by atoms with Gasteiger partial charge in [0.2, 0.25) is 10.0 Å². The van der Waals surface area contributed by atoms with Crippen LogP contribution in [0.2, 0.25) is 0 Å². The molecule has 0 spiro atoms. The van der Waals surface area contributed by atoms with Crippen molar-refractivity contribution in [2.45, 2.75) is 32.3 Å². The highest BCUT2D eigenvalue weighted by atomic mass is 32.2. The average Bonchev–Trinajstić information content (AvgIpc) is 2.38. The molecule has 0 heterocycles. The van der Waals surface area contributed by atoms with Gasteiger partial charge < -0.3 is 9.84 Å². The summed E-state index contributed by atoms with van der Waals surface area (Å²) in [6.07, 6.45) is 0. The van der Waals surface area contributed by atoms with Crippen LogP contribution in [0, 0.1) is 12.8 Å². The lowest BCUT2D eigenvalue weighted by molar-refractivity contribution is 0.114. The van der Waals surface area contributed by atoms with Gasteiger partial charge in [-0.05, 0) is 30.0 Å². The molecule has 1 rings (SSSR count). The fourth-order valence-corrected chi connectivity index (χ4v) is 3.07. The summed E-state index contributed by atoms with van der Waals surface area (Å²) in [7, 11) is -3.57. The van der Waals surface area contributed by atoms with Gasteiger partial charge in [0.05, 0.1) is 18.1 Å². The van der Waals surface area contributed by atoms with E-state index in [0.717, 1.165) is 0 Å². The van der Waals surface area contributed by atoms with Crippen LogP contribution in [0.15, 0.2) is 23.1 Å². The largest absolute Gasteiger partial charge is 0.392 e. The van der Waals surface area contributed by atoms with Crippen LogP contribution in [0.25, 0.3) is 0 Å². The Kier molecular flexibility index (Phi) is 6.61. The quantitative estimate of drug-likeness (QED) is 0.712. The maximum absolute atomic E-state index is 12.2. The number of benzene rings is 1. The van der Waals surface area contributed by atoms with Crippen molar-refractivity contribution < 1.29 is 18.3 Å². The van der Waals surface area contributed by atoms with Crippen LogP contribution in [0.3, 0.4) is 0 Å². The first-order valence-corrected chi connectivity index (χ1v) is 8.13. The molecule has 114 valence electrons. The summed E-state index contributed by atoms with van der Waals surface area (Å²) in [6, 6.07) is 4.87. The minimum Gasteiger partial charge on any atom is -0.392 e. The molecule has 0 atom stereocenters. The van der Waals surface area contributed by atoms with E-state index >= 15 is 0 Å². The maximum atomic E-state index is 12.2. The highest BCUT2D eigenvalue weighted by molar-refractivity contribution is 7.89. The third-order valence-electron chi connectivity index (χ3n) is 2.85. The number of hydrogen-bond donors (Lipinski definition) is 2. The Hall–Kier alpha value is -0.950. The molecule has 0 aromatic heterocycles. The Labute approximate surface area is 121 Å². The fraction of sp³-hybridized carbons (Fsp3) is 0.571. The van der Waals surface area contributed by atoms with Crippen molar-refractivity contribution >= 4 is 10.0 Å². The van der Waals surface area contributed by atoms with Crippen molar-refractivity contribution in [3.63, 3.8) is 0 Å². The molecule has 5 nitrogen and oxygen atoms in total. The number of sulfonamides is 1. The number of rotatable bonds is 8. The van der Waals surface area contributed by atoms with E-state index in [1.54, 1.807) is 19.1 Å². The normalized spacial score (nSPS) is 12.1. The highest BCUT2D eigenvalue weighted by Crippen LogP contribution is 2.18. The van der Waals surface area contributed by atoms with Crippen molar-refractivity contribution in [1.29, 1.82) is 0 Å². The summed E-state index contributed by atoms with van der Waals surface area (Å²) in [5.74, 6) is 0.426. The van der Waals surface area contributed by atoms with Gasteiger partial charge in [-0.25, -0.2) is 13.1 Å². The first-order chi connectivity index (χ1) is 9.38. The number of aliphatic hydroxyl groups is 1. The molecular formula is C14H23NO4S. The fourth-order valence-electron chi connectivity index (χ4n) is 1.77. The van der Waals surface area contributed by atoms with Crippen LogP contribution in [-0.2, 0) is 21.4 Å². The Balaban J connectivity index is 2.65. The van der Waals surface area contributed by atoms with Crippen molar-refractivity contribution in [2.75, 3.05) is 19.8 Å². The minimum atomic E-state index is -3.57. The average molecular weight is 301 g/mol. The van der Waals surface area contributed by atoms with Gasteiger partial charge in [0, 0.05) is 13.2 Å². The van der Waals surface area contributed by atoms with Gasteiger partial charge in [0.25, 0.3) is 0 Å². The zero-order valence-corrected chi connectivity index (χ0v) is 13.0. The van der Waals surface area contributed by atoms with E-state index in [4.69, 9.17) is 4.74 Å². The molecule has 2 N–H and O–H groups in total. The molecule has 0 aliphatic heterocycles. The molecule has 0 unspecified atom stereocenters. The first kappa shape index (κ1) is 17.1. The van der Waals surface area contributed by atoms with E-state index in [1.165, 1.54) is 6.07 Å². The van der Waals surface area contributed by atoms with E-state index in [-0.39, 0.29) is 18.0 Å². The van der Waals surface area contributed by atoms with Gasteiger partial charge in [0.15, 0.2) is 0 Å². The summed E-state index contributed by atoms with van der Waals surface area (Å²) in [6.45, 7) is 6.78. The predicted octanol–water partition coefficient (Wildman–Crippen LogP) is 1.44. The van der Waals surface area contributed by atoms with Crippen LogP contribution in [-0.4, -0.2) is 33.3 Å². The van der Waals surface area contributed by atoms with Crippen LogP contribution in [0.1, 0.15) is 25.0 Å². The SMILES string of the molecule is Cc1c(CO)cccc1S(=O)(=O)NCCOCC(C)C. The van der Waals surface area contributed by atoms with Crippen molar-refractivity contribution in [3.05, 3.63) is 29.3 Å². The molecule has 0 saturated carbocycles. The summed E-state index contributed by atoms with van der Waals surface area (Å²) >= 11 is 0. The smallest absolute Gasteiger partial charge is 0.240 e. The molecule has 0 saturated heterocycles. The topological polar surface area (TPSA) is 75.6 Å². The summed E-state index contributed by atoms with van der Waals surface area (Å²) in [4.78, 5) is 0.202. The van der Waals surface area contributed by atoms with Crippen LogP contribution < -0.4 is 4.72 Å². The highest BCUT2D eigenvalue weighted by Gasteiger charge is 2.17. The maximum Gasteiger partial charge on any atom is 0.240 e. The Morgan fingerprint density at radius 1 is 1.35 bits per heavy atom. The van der Waals surface area contributed by atoms with Crippen LogP contribution in [0.4, 0.5) is 0 Å². The minimum absolute atomic E-state index is 0.174. The second-order valence-corrected chi connectivity index (χ2v) is 6.80. The molecular weight excluding hydrogens is 278 g/mol. The van der Waals surface area contributed by atoms with Crippen molar-refractivity contribution in [2.24, 2.45) is 5.92 Å². The number of hydrogen-bond acceptors (Lipinski definition) is 4. The second-order valence-electron chi connectivity index (χ2n) is 5.06.